The highest BCUT2D eigenvalue weighted by Gasteiger charge is 2.15. The van der Waals surface area contributed by atoms with Crippen molar-refractivity contribution in [2.45, 2.75) is 18.9 Å². The molecule has 1 saturated heterocycles. The van der Waals surface area contributed by atoms with Gasteiger partial charge >= 0.3 is 0 Å². The third kappa shape index (κ3) is 2.27. The van der Waals surface area contributed by atoms with Crippen molar-refractivity contribution >= 4 is 40.3 Å². The lowest BCUT2D eigenvalue weighted by Crippen LogP contribution is -2.25. The van der Waals surface area contributed by atoms with E-state index in [0.29, 0.717) is 17.1 Å². The average molecular weight is 284 g/mol. The van der Waals surface area contributed by atoms with Crippen LogP contribution in [0, 0.1) is 0 Å². The Kier molecular flexibility index (Phi) is 3.30. The fourth-order valence-corrected chi connectivity index (χ4v) is 3.45. The summed E-state index contributed by atoms with van der Waals surface area (Å²) >= 11 is 7.99. The predicted octanol–water partition coefficient (Wildman–Crippen LogP) is 2.32. The summed E-state index contributed by atoms with van der Waals surface area (Å²) < 4.78 is 1.68. The van der Waals surface area contributed by atoms with E-state index in [-0.39, 0.29) is 0 Å². The lowest BCUT2D eigenvalue weighted by Gasteiger charge is -2.22. The van der Waals surface area contributed by atoms with E-state index < -0.39 is 0 Å². The summed E-state index contributed by atoms with van der Waals surface area (Å²) in [5.74, 6) is 3.08. The maximum Gasteiger partial charge on any atom is 0.224 e. The van der Waals surface area contributed by atoms with Crippen molar-refractivity contribution in [3.8, 4) is 0 Å². The third-order valence-corrected chi connectivity index (χ3v) is 4.42. The van der Waals surface area contributed by atoms with Gasteiger partial charge in [-0.15, -0.1) is 0 Å². The summed E-state index contributed by atoms with van der Waals surface area (Å²) in [6, 6.07) is 0.479. The molecule has 1 aliphatic rings. The standard InChI is InChI=1S/C11H14ClN5S/c1-17-10-8(9(12)16-17)6-13-11(15-10)14-7-2-4-18-5-3-7/h6-7H,2-5H2,1H3,(H,13,14,15). The summed E-state index contributed by atoms with van der Waals surface area (Å²) in [6.45, 7) is 0. The molecule has 1 fully saturated rings. The lowest BCUT2D eigenvalue weighted by molar-refractivity contribution is 0.660. The topological polar surface area (TPSA) is 55.6 Å². The van der Waals surface area contributed by atoms with Gasteiger partial charge in [0.2, 0.25) is 5.95 Å². The highest BCUT2D eigenvalue weighted by atomic mass is 35.5. The number of anilines is 1. The van der Waals surface area contributed by atoms with E-state index in [4.69, 9.17) is 11.6 Å². The van der Waals surface area contributed by atoms with Crippen molar-refractivity contribution in [2.75, 3.05) is 16.8 Å². The van der Waals surface area contributed by atoms with E-state index in [0.717, 1.165) is 23.9 Å². The lowest BCUT2D eigenvalue weighted by atomic mass is 10.2. The fourth-order valence-electron chi connectivity index (χ4n) is 2.09. The van der Waals surface area contributed by atoms with E-state index in [1.807, 2.05) is 18.8 Å². The Morgan fingerprint density at radius 1 is 1.44 bits per heavy atom. The smallest absolute Gasteiger partial charge is 0.224 e. The van der Waals surface area contributed by atoms with Crippen LogP contribution in [0.15, 0.2) is 6.20 Å². The van der Waals surface area contributed by atoms with Gasteiger partial charge in [-0.2, -0.15) is 21.8 Å². The molecule has 7 heteroatoms. The van der Waals surface area contributed by atoms with Crippen LogP contribution in [0.4, 0.5) is 5.95 Å². The van der Waals surface area contributed by atoms with Crippen LogP contribution >= 0.6 is 23.4 Å². The highest BCUT2D eigenvalue weighted by molar-refractivity contribution is 7.99. The van der Waals surface area contributed by atoms with Gasteiger partial charge in [-0.3, -0.25) is 0 Å². The van der Waals surface area contributed by atoms with Crippen LogP contribution in [0.1, 0.15) is 12.8 Å². The van der Waals surface area contributed by atoms with Gasteiger partial charge in [-0.05, 0) is 24.3 Å². The molecule has 0 aliphatic carbocycles. The second-order valence-corrected chi connectivity index (χ2v) is 5.96. The minimum Gasteiger partial charge on any atom is -0.351 e. The zero-order valence-electron chi connectivity index (χ0n) is 10.1. The minimum absolute atomic E-state index is 0.452. The molecular formula is C11H14ClN5S. The molecule has 0 aromatic carbocycles. The molecular weight excluding hydrogens is 270 g/mol. The van der Waals surface area contributed by atoms with Crippen molar-refractivity contribution in [1.82, 2.24) is 19.7 Å². The quantitative estimate of drug-likeness (QED) is 0.917. The molecule has 0 atom stereocenters. The van der Waals surface area contributed by atoms with Crippen LogP contribution in [0.5, 0.6) is 0 Å². The molecule has 0 bridgehead atoms. The van der Waals surface area contributed by atoms with Crippen molar-refractivity contribution in [3.05, 3.63) is 11.3 Å². The first kappa shape index (κ1) is 12.0. The zero-order chi connectivity index (χ0) is 12.5. The van der Waals surface area contributed by atoms with Crippen LogP contribution in [0.2, 0.25) is 5.15 Å². The molecule has 5 nitrogen and oxygen atoms in total. The summed E-state index contributed by atoms with van der Waals surface area (Å²) in [4.78, 5) is 8.79. The van der Waals surface area contributed by atoms with Crippen molar-refractivity contribution in [1.29, 1.82) is 0 Å². The summed E-state index contributed by atoms with van der Waals surface area (Å²) in [5.41, 5.74) is 0.766. The number of rotatable bonds is 2. The van der Waals surface area contributed by atoms with Gasteiger partial charge in [-0.25, -0.2) is 9.67 Å². The first-order valence-corrected chi connectivity index (χ1v) is 7.47. The van der Waals surface area contributed by atoms with Gasteiger partial charge < -0.3 is 5.32 Å². The molecule has 18 heavy (non-hydrogen) atoms. The van der Waals surface area contributed by atoms with Gasteiger partial charge in [0.1, 0.15) is 0 Å². The molecule has 0 radical (unpaired) electrons. The molecule has 3 rings (SSSR count). The summed E-state index contributed by atoms with van der Waals surface area (Å²) in [5, 5.41) is 8.76. The molecule has 3 heterocycles. The van der Waals surface area contributed by atoms with E-state index in [1.54, 1.807) is 10.9 Å². The number of aromatic nitrogens is 4. The molecule has 1 N–H and O–H groups in total. The van der Waals surface area contributed by atoms with Gasteiger partial charge in [0.25, 0.3) is 0 Å². The van der Waals surface area contributed by atoms with E-state index in [9.17, 15) is 0 Å². The maximum atomic E-state index is 5.99. The summed E-state index contributed by atoms with van der Waals surface area (Å²) in [6.07, 6.45) is 4.06. The van der Waals surface area contributed by atoms with Gasteiger partial charge in [0.05, 0.1) is 5.39 Å². The van der Waals surface area contributed by atoms with E-state index in [1.165, 1.54) is 11.5 Å². The number of hydrogen-bond donors (Lipinski definition) is 1. The largest absolute Gasteiger partial charge is 0.351 e. The molecule has 0 saturated carbocycles. The third-order valence-electron chi connectivity index (χ3n) is 3.09. The SMILES string of the molecule is Cn1nc(Cl)c2cnc(NC3CCSCC3)nc21. The first-order valence-electron chi connectivity index (χ1n) is 5.93. The molecule has 2 aromatic heterocycles. The fraction of sp³-hybridized carbons (Fsp3) is 0.545. The zero-order valence-corrected chi connectivity index (χ0v) is 11.6. The van der Waals surface area contributed by atoms with Gasteiger partial charge in [-0.1, -0.05) is 11.6 Å². The van der Waals surface area contributed by atoms with Crippen LogP contribution in [-0.2, 0) is 7.05 Å². The Labute approximate surface area is 114 Å². The first-order chi connectivity index (χ1) is 8.74. The minimum atomic E-state index is 0.452. The highest BCUT2D eigenvalue weighted by Crippen LogP contribution is 2.23. The van der Waals surface area contributed by atoms with E-state index in [2.05, 4.69) is 20.4 Å². The van der Waals surface area contributed by atoms with E-state index >= 15 is 0 Å². The molecule has 2 aromatic rings. The van der Waals surface area contributed by atoms with Gasteiger partial charge in [0.15, 0.2) is 10.8 Å². The number of nitrogens with one attached hydrogen (secondary N) is 1. The monoisotopic (exact) mass is 283 g/mol. The number of thioether (sulfide) groups is 1. The second kappa shape index (κ2) is 4.93. The predicted molar refractivity (Wildman–Crippen MR) is 75.3 cm³/mol. The Hall–Kier alpha value is -1.01. The summed E-state index contributed by atoms with van der Waals surface area (Å²) in [7, 11) is 1.84. The van der Waals surface area contributed by atoms with Gasteiger partial charge in [0, 0.05) is 19.3 Å². The molecule has 0 spiro atoms. The van der Waals surface area contributed by atoms with Crippen LogP contribution in [-0.4, -0.2) is 37.3 Å². The number of nitrogens with zero attached hydrogens (tertiary/aromatic N) is 4. The normalized spacial score (nSPS) is 17.2. The number of halogens is 1. The molecule has 96 valence electrons. The van der Waals surface area contributed by atoms with Crippen LogP contribution in [0.3, 0.4) is 0 Å². The molecule has 0 unspecified atom stereocenters. The maximum absolute atomic E-state index is 5.99. The number of fused-ring (bicyclic) bond motifs is 1. The Morgan fingerprint density at radius 3 is 3.00 bits per heavy atom. The second-order valence-electron chi connectivity index (χ2n) is 4.38. The Morgan fingerprint density at radius 2 is 2.22 bits per heavy atom. The number of hydrogen-bond acceptors (Lipinski definition) is 5. The van der Waals surface area contributed by atoms with Crippen LogP contribution < -0.4 is 5.32 Å². The number of aryl methyl sites for hydroxylation is 1. The Bertz CT molecular complexity index is 564. The molecule has 1 aliphatic heterocycles. The van der Waals surface area contributed by atoms with Crippen LogP contribution in [0.25, 0.3) is 11.0 Å². The van der Waals surface area contributed by atoms with Crippen molar-refractivity contribution in [3.63, 3.8) is 0 Å². The average Bonchev–Trinajstić information content (AvgIpc) is 2.66. The Balaban J connectivity index is 1.86. The van der Waals surface area contributed by atoms with Crippen molar-refractivity contribution in [2.24, 2.45) is 7.05 Å². The van der Waals surface area contributed by atoms with Crippen molar-refractivity contribution < 1.29 is 0 Å². The molecule has 0 amide bonds.